The number of hydrogen-bond acceptors (Lipinski definition) is 3. The molecule has 1 aromatic rings. The van der Waals surface area contributed by atoms with Crippen LogP contribution in [0.1, 0.15) is 30.6 Å². The van der Waals surface area contributed by atoms with Crippen molar-refractivity contribution in [3.63, 3.8) is 0 Å². The summed E-state index contributed by atoms with van der Waals surface area (Å²) in [6.07, 6.45) is 0. The molecule has 0 amide bonds. The van der Waals surface area contributed by atoms with Crippen molar-refractivity contribution in [3.8, 4) is 11.8 Å². The topological polar surface area (TPSA) is 24.9 Å². The highest BCUT2D eigenvalue weighted by Crippen LogP contribution is 2.14. The average Bonchev–Trinajstić information content (AvgIpc) is 2.52. The molecule has 0 bridgehead atoms. The fraction of sp³-hybridized carbons (Fsp3) is 0.500. The van der Waals surface area contributed by atoms with Gasteiger partial charge in [0.25, 0.3) is 0 Å². The Morgan fingerprint density at radius 1 is 1.69 bits per heavy atom. The first-order valence-electron chi connectivity index (χ1n) is 4.29. The monoisotopic (exact) mass is 194 g/mol. The predicted octanol–water partition coefficient (Wildman–Crippen LogP) is 2.13. The van der Waals surface area contributed by atoms with Gasteiger partial charge in [-0.1, -0.05) is 5.92 Å². The molecule has 0 aliphatic carbocycles. The van der Waals surface area contributed by atoms with Gasteiger partial charge in [0, 0.05) is 11.4 Å². The zero-order valence-corrected chi connectivity index (χ0v) is 9.03. The molecule has 1 aromatic heterocycles. The summed E-state index contributed by atoms with van der Waals surface area (Å²) in [6.45, 7) is 6.70. The van der Waals surface area contributed by atoms with Crippen molar-refractivity contribution >= 4 is 11.3 Å². The van der Waals surface area contributed by atoms with Crippen LogP contribution in [0.15, 0.2) is 5.38 Å². The molecule has 0 aliphatic heterocycles. The molecule has 3 heteroatoms. The minimum Gasteiger partial charge on any atom is -0.298 e. The first-order chi connectivity index (χ1) is 6.24. The van der Waals surface area contributed by atoms with Gasteiger partial charge < -0.3 is 0 Å². The third-order valence-corrected chi connectivity index (χ3v) is 2.55. The molecule has 1 N–H and O–H groups in total. The Balaban J connectivity index is 2.47. The van der Waals surface area contributed by atoms with E-state index in [1.165, 1.54) is 0 Å². The van der Waals surface area contributed by atoms with Crippen LogP contribution in [0.3, 0.4) is 0 Å². The van der Waals surface area contributed by atoms with Gasteiger partial charge in [0.15, 0.2) is 0 Å². The second kappa shape index (κ2) is 5.00. The lowest BCUT2D eigenvalue weighted by Gasteiger charge is -2.07. The maximum atomic E-state index is 4.40. The summed E-state index contributed by atoms with van der Waals surface area (Å²) in [7, 11) is 0. The molecule has 1 unspecified atom stereocenters. The number of hydrogen-bond donors (Lipinski definition) is 1. The Bertz CT molecular complexity index is 319. The number of aromatic nitrogens is 1. The van der Waals surface area contributed by atoms with E-state index in [9.17, 15) is 0 Å². The Labute approximate surface area is 83.4 Å². The van der Waals surface area contributed by atoms with Gasteiger partial charge in [-0.3, -0.25) is 5.32 Å². The Morgan fingerprint density at radius 2 is 2.46 bits per heavy atom. The van der Waals surface area contributed by atoms with Crippen molar-refractivity contribution in [2.24, 2.45) is 0 Å². The third-order valence-electron chi connectivity index (χ3n) is 1.75. The molecule has 0 spiro atoms. The van der Waals surface area contributed by atoms with Crippen LogP contribution in [-0.4, -0.2) is 11.5 Å². The average molecular weight is 194 g/mol. The van der Waals surface area contributed by atoms with Gasteiger partial charge in [0.1, 0.15) is 0 Å². The standard InChI is InChI=1S/C10H14N2S/c1-4-5-6-11-8(2)10-7-13-9(3)12-10/h7-8,11H,6H2,1-3H3. The van der Waals surface area contributed by atoms with Gasteiger partial charge in [-0.2, -0.15) is 0 Å². The summed E-state index contributed by atoms with van der Waals surface area (Å²) >= 11 is 1.68. The van der Waals surface area contributed by atoms with E-state index >= 15 is 0 Å². The second-order valence-corrected chi connectivity index (χ2v) is 3.88. The lowest BCUT2D eigenvalue weighted by atomic mass is 10.2. The minimum atomic E-state index is 0.297. The number of thiazole rings is 1. The minimum absolute atomic E-state index is 0.297. The first-order valence-corrected chi connectivity index (χ1v) is 5.17. The molecule has 0 aromatic carbocycles. The van der Waals surface area contributed by atoms with Crippen LogP contribution in [0.25, 0.3) is 0 Å². The van der Waals surface area contributed by atoms with Crippen LogP contribution in [0, 0.1) is 18.8 Å². The fourth-order valence-electron chi connectivity index (χ4n) is 0.976. The second-order valence-electron chi connectivity index (χ2n) is 2.82. The lowest BCUT2D eigenvalue weighted by Crippen LogP contribution is -2.18. The Morgan fingerprint density at radius 3 is 3.00 bits per heavy atom. The van der Waals surface area contributed by atoms with E-state index in [1.54, 1.807) is 11.3 Å². The van der Waals surface area contributed by atoms with Crippen LogP contribution in [0.4, 0.5) is 0 Å². The van der Waals surface area contributed by atoms with Crippen LogP contribution < -0.4 is 5.32 Å². The molecule has 0 fully saturated rings. The molecular formula is C10H14N2S. The van der Waals surface area contributed by atoms with E-state index in [1.807, 2.05) is 13.8 Å². The van der Waals surface area contributed by atoms with Gasteiger partial charge in [-0.25, -0.2) is 4.98 Å². The SMILES string of the molecule is CC#CCNC(C)c1csc(C)n1. The summed E-state index contributed by atoms with van der Waals surface area (Å²) in [4.78, 5) is 4.40. The van der Waals surface area contributed by atoms with Crippen LogP contribution >= 0.6 is 11.3 Å². The highest BCUT2D eigenvalue weighted by Gasteiger charge is 2.06. The van der Waals surface area contributed by atoms with Gasteiger partial charge in [-0.15, -0.1) is 17.3 Å². The first kappa shape index (κ1) is 10.2. The molecular weight excluding hydrogens is 180 g/mol. The predicted molar refractivity (Wildman–Crippen MR) is 56.7 cm³/mol. The summed E-state index contributed by atoms with van der Waals surface area (Å²) in [5, 5.41) is 6.49. The Kier molecular flexibility index (Phi) is 3.94. The molecule has 13 heavy (non-hydrogen) atoms. The van der Waals surface area contributed by atoms with Crippen molar-refractivity contribution in [2.75, 3.05) is 6.54 Å². The molecule has 1 atom stereocenters. The maximum absolute atomic E-state index is 4.40. The zero-order chi connectivity index (χ0) is 9.68. The zero-order valence-electron chi connectivity index (χ0n) is 8.22. The molecule has 0 saturated heterocycles. The van der Waals surface area contributed by atoms with E-state index in [0.717, 1.165) is 17.2 Å². The molecule has 70 valence electrons. The number of aryl methyl sites for hydroxylation is 1. The van der Waals surface area contributed by atoms with Crippen LogP contribution in [0.2, 0.25) is 0 Å². The normalized spacial score (nSPS) is 11.9. The van der Waals surface area contributed by atoms with E-state index < -0.39 is 0 Å². The number of rotatable bonds is 3. The molecule has 0 radical (unpaired) electrons. The maximum Gasteiger partial charge on any atom is 0.0898 e. The molecule has 0 saturated carbocycles. The fourth-order valence-corrected chi connectivity index (χ4v) is 1.68. The van der Waals surface area contributed by atoms with Crippen molar-refractivity contribution in [2.45, 2.75) is 26.8 Å². The molecule has 1 rings (SSSR count). The lowest BCUT2D eigenvalue weighted by molar-refractivity contribution is 0.609. The quantitative estimate of drug-likeness (QED) is 0.746. The van der Waals surface area contributed by atoms with Crippen LogP contribution in [-0.2, 0) is 0 Å². The molecule has 0 aliphatic rings. The van der Waals surface area contributed by atoms with Gasteiger partial charge >= 0.3 is 0 Å². The third kappa shape index (κ3) is 3.17. The van der Waals surface area contributed by atoms with E-state index in [4.69, 9.17) is 0 Å². The number of nitrogens with one attached hydrogen (secondary N) is 1. The summed E-state index contributed by atoms with van der Waals surface area (Å²) in [6, 6.07) is 0.297. The van der Waals surface area contributed by atoms with Crippen molar-refractivity contribution < 1.29 is 0 Å². The van der Waals surface area contributed by atoms with E-state index in [2.05, 4.69) is 34.4 Å². The summed E-state index contributed by atoms with van der Waals surface area (Å²) < 4.78 is 0. The largest absolute Gasteiger partial charge is 0.298 e. The molecule has 2 nitrogen and oxygen atoms in total. The van der Waals surface area contributed by atoms with Crippen LogP contribution in [0.5, 0.6) is 0 Å². The van der Waals surface area contributed by atoms with Crippen molar-refractivity contribution in [1.82, 2.24) is 10.3 Å². The summed E-state index contributed by atoms with van der Waals surface area (Å²) in [5.74, 6) is 5.82. The number of nitrogens with zero attached hydrogens (tertiary/aromatic N) is 1. The molecule has 1 heterocycles. The highest BCUT2D eigenvalue weighted by atomic mass is 32.1. The van der Waals surface area contributed by atoms with Gasteiger partial charge in [-0.05, 0) is 20.8 Å². The van der Waals surface area contributed by atoms with Gasteiger partial charge in [0.2, 0.25) is 0 Å². The van der Waals surface area contributed by atoms with Crippen molar-refractivity contribution in [3.05, 3.63) is 16.1 Å². The van der Waals surface area contributed by atoms with E-state index in [-0.39, 0.29) is 0 Å². The Hall–Kier alpha value is -0.850. The van der Waals surface area contributed by atoms with Crippen molar-refractivity contribution in [1.29, 1.82) is 0 Å². The van der Waals surface area contributed by atoms with E-state index in [0.29, 0.717) is 6.04 Å². The smallest absolute Gasteiger partial charge is 0.0898 e. The summed E-state index contributed by atoms with van der Waals surface area (Å²) in [5.41, 5.74) is 1.11. The van der Waals surface area contributed by atoms with Gasteiger partial charge in [0.05, 0.1) is 17.2 Å². The highest BCUT2D eigenvalue weighted by molar-refractivity contribution is 7.09.